The molecule has 0 aliphatic rings. The molecule has 0 aliphatic heterocycles. The molecule has 0 aliphatic carbocycles. The molecular formula is C22H28N4O5. The lowest BCUT2D eigenvalue weighted by molar-refractivity contribution is 0.0535. The maximum Gasteiger partial charge on any atom is 0.258 e. The van der Waals surface area contributed by atoms with E-state index in [1.807, 2.05) is 26.1 Å². The van der Waals surface area contributed by atoms with E-state index in [1.54, 1.807) is 18.2 Å². The summed E-state index contributed by atoms with van der Waals surface area (Å²) in [6, 6.07) is 9.25. The summed E-state index contributed by atoms with van der Waals surface area (Å²) in [4.78, 5) is 11.2. The average molecular weight is 428 g/mol. The van der Waals surface area contributed by atoms with Crippen molar-refractivity contribution in [1.82, 2.24) is 15.1 Å². The van der Waals surface area contributed by atoms with Gasteiger partial charge in [0.25, 0.3) is 5.89 Å². The number of ether oxygens (including phenoxy) is 2. The molecule has 0 bridgehead atoms. The lowest BCUT2D eigenvalue weighted by atomic mass is 10.1. The normalized spacial score (nSPS) is 12.1. The van der Waals surface area contributed by atoms with Crippen molar-refractivity contribution in [2.75, 3.05) is 32.3 Å². The van der Waals surface area contributed by atoms with Gasteiger partial charge in [0, 0.05) is 30.4 Å². The highest BCUT2D eigenvalue weighted by atomic mass is 16.5. The SMILES string of the molecule is COc1cc(OCC(O)CO)ccc1-c1noc(-c2cc(C)nc(N(C)C(C)C)c2)n1. The van der Waals surface area contributed by atoms with E-state index in [0.717, 1.165) is 17.1 Å². The Morgan fingerprint density at radius 3 is 2.61 bits per heavy atom. The smallest absolute Gasteiger partial charge is 0.258 e. The maximum atomic E-state index is 9.45. The number of hydrogen-bond donors (Lipinski definition) is 2. The van der Waals surface area contributed by atoms with Crippen LogP contribution in [0.2, 0.25) is 0 Å². The van der Waals surface area contributed by atoms with Gasteiger partial charge in [-0.1, -0.05) is 5.16 Å². The Morgan fingerprint density at radius 1 is 1.16 bits per heavy atom. The molecule has 0 radical (unpaired) electrons. The van der Waals surface area contributed by atoms with Gasteiger partial charge in [0.05, 0.1) is 19.3 Å². The molecule has 0 fully saturated rings. The summed E-state index contributed by atoms with van der Waals surface area (Å²) in [5.74, 6) is 2.57. The zero-order valence-corrected chi connectivity index (χ0v) is 18.4. The van der Waals surface area contributed by atoms with E-state index in [4.69, 9.17) is 19.1 Å². The van der Waals surface area contributed by atoms with Crippen molar-refractivity contribution in [3.8, 4) is 34.3 Å². The Bertz CT molecular complexity index is 1020. The number of anilines is 1. The number of aromatic nitrogens is 3. The summed E-state index contributed by atoms with van der Waals surface area (Å²) in [6.07, 6.45) is -0.950. The van der Waals surface area contributed by atoms with Crippen molar-refractivity contribution in [3.05, 3.63) is 36.0 Å². The summed E-state index contributed by atoms with van der Waals surface area (Å²) in [7, 11) is 3.52. The fraction of sp³-hybridized carbons (Fsp3) is 0.409. The minimum absolute atomic E-state index is 0.0279. The van der Waals surface area contributed by atoms with Crippen molar-refractivity contribution in [1.29, 1.82) is 0 Å². The number of nitrogens with zero attached hydrogens (tertiary/aromatic N) is 4. The summed E-state index contributed by atoms with van der Waals surface area (Å²) in [5.41, 5.74) is 2.27. The first-order chi connectivity index (χ1) is 14.8. The first kappa shape index (κ1) is 22.5. The second-order valence-corrected chi connectivity index (χ2v) is 7.49. The zero-order chi connectivity index (χ0) is 22.5. The Morgan fingerprint density at radius 2 is 1.94 bits per heavy atom. The minimum atomic E-state index is -0.950. The van der Waals surface area contributed by atoms with Gasteiger partial charge < -0.3 is 29.1 Å². The van der Waals surface area contributed by atoms with Crippen molar-refractivity contribution in [2.24, 2.45) is 0 Å². The third-order valence-electron chi connectivity index (χ3n) is 4.82. The Hall–Kier alpha value is -3.17. The largest absolute Gasteiger partial charge is 0.496 e. The minimum Gasteiger partial charge on any atom is -0.496 e. The second kappa shape index (κ2) is 9.76. The van der Waals surface area contributed by atoms with Crippen molar-refractivity contribution < 1.29 is 24.2 Å². The molecule has 1 unspecified atom stereocenters. The van der Waals surface area contributed by atoms with Gasteiger partial charge in [-0.3, -0.25) is 0 Å². The van der Waals surface area contributed by atoms with Gasteiger partial charge in [-0.25, -0.2) is 4.98 Å². The Balaban J connectivity index is 1.88. The van der Waals surface area contributed by atoms with Gasteiger partial charge in [0.1, 0.15) is 30.0 Å². The first-order valence-electron chi connectivity index (χ1n) is 9.98. The van der Waals surface area contributed by atoms with E-state index in [2.05, 4.69) is 33.9 Å². The molecule has 2 N–H and O–H groups in total. The van der Waals surface area contributed by atoms with E-state index < -0.39 is 6.10 Å². The Labute approximate surface area is 181 Å². The molecule has 0 amide bonds. The van der Waals surface area contributed by atoms with Crippen LogP contribution in [0.5, 0.6) is 11.5 Å². The molecule has 1 aromatic carbocycles. The van der Waals surface area contributed by atoms with E-state index in [0.29, 0.717) is 34.8 Å². The zero-order valence-electron chi connectivity index (χ0n) is 18.4. The van der Waals surface area contributed by atoms with Gasteiger partial charge in [0.2, 0.25) is 5.82 Å². The van der Waals surface area contributed by atoms with Crippen LogP contribution in [0.1, 0.15) is 19.5 Å². The predicted octanol–water partition coefficient (Wildman–Crippen LogP) is 2.69. The number of hydrogen-bond acceptors (Lipinski definition) is 9. The molecule has 2 aromatic heterocycles. The molecule has 1 atom stereocenters. The van der Waals surface area contributed by atoms with E-state index in [-0.39, 0.29) is 13.2 Å². The highest BCUT2D eigenvalue weighted by molar-refractivity contribution is 5.68. The summed E-state index contributed by atoms with van der Waals surface area (Å²) >= 11 is 0. The number of pyridine rings is 1. The number of rotatable bonds is 9. The van der Waals surface area contributed by atoms with Crippen molar-refractivity contribution >= 4 is 5.82 Å². The summed E-state index contributed by atoms with van der Waals surface area (Å²) in [6.45, 7) is 5.72. The molecule has 31 heavy (non-hydrogen) atoms. The van der Waals surface area contributed by atoms with Crippen LogP contribution >= 0.6 is 0 Å². The molecule has 0 saturated carbocycles. The van der Waals surface area contributed by atoms with Crippen LogP contribution in [0.4, 0.5) is 5.82 Å². The molecule has 9 nitrogen and oxygen atoms in total. The predicted molar refractivity (Wildman–Crippen MR) is 116 cm³/mol. The quantitative estimate of drug-likeness (QED) is 0.531. The molecular weight excluding hydrogens is 400 g/mol. The van der Waals surface area contributed by atoms with Crippen LogP contribution in [0.3, 0.4) is 0 Å². The molecule has 9 heteroatoms. The standard InChI is InChI=1S/C22H28N4O5/c1-13(2)26(4)20-9-15(8-14(3)23-20)22-24-21(25-31-22)18-7-6-17(10-19(18)29-5)30-12-16(28)11-27/h6-10,13,16,27-28H,11-12H2,1-5H3. The van der Waals surface area contributed by atoms with Gasteiger partial charge in [-0.15, -0.1) is 0 Å². The number of aliphatic hydroxyl groups is 2. The highest BCUT2D eigenvalue weighted by Gasteiger charge is 2.18. The number of benzene rings is 1. The average Bonchev–Trinajstić information content (AvgIpc) is 3.26. The third kappa shape index (κ3) is 5.31. The van der Waals surface area contributed by atoms with Gasteiger partial charge >= 0.3 is 0 Å². The lowest BCUT2D eigenvalue weighted by Gasteiger charge is -2.23. The highest BCUT2D eigenvalue weighted by Crippen LogP contribution is 2.33. The number of aryl methyl sites for hydroxylation is 1. The number of aliphatic hydroxyl groups excluding tert-OH is 2. The lowest BCUT2D eigenvalue weighted by Crippen LogP contribution is -2.26. The molecule has 0 spiro atoms. The van der Waals surface area contributed by atoms with Crippen LogP contribution in [-0.2, 0) is 0 Å². The molecule has 3 aromatic rings. The van der Waals surface area contributed by atoms with Gasteiger partial charge in [-0.05, 0) is 45.0 Å². The third-order valence-corrected chi connectivity index (χ3v) is 4.82. The maximum absolute atomic E-state index is 9.45. The van der Waals surface area contributed by atoms with Crippen molar-refractivity contribution in [2.45, 2.75) is 32.9 Å². The van der Waals surface area contributed by atoms with Crippen LogP contribution in [-0.4, -0.2) is 64.9 Å². The second-order valence-electron chi connectivity index (χ2n) is 7.49. The molecule has 2 heterocycles. The van der Waals surface area contributed by atoms with Crippen LogP contribution in [0.25, 0.3) is 22.8 Å². The topological polar surface area (TPSA) is 114 Å². The van der Waals surface area contributed by atoms with Crippen molar-refractivity contribution in [3.63, 3.8) is 0 Å². The van der Waals surface area contributed by atoms with Crippen LogP contribution in [0.15, 0.2) is 34.9 Å². The fourth-order valence-corrected chi connectivity index (χ4v) is 2.86. The van der Waals surface area contributed by atoms with E-state index in [1.165, 1.54) is 7.11 Å². The molecule has 166 valence electrons. The van der Waals surface area contributed by atoms with Gasteiger partial charge in [0.15, 0.2) is 0 Å². The van der Waals surface area contributed by atoms with E-state index in [9.17, 15) is 5.11 Å². The summed E-state index contributed by atoms with van der Waals surface area (Å²) < 4.78 is 16.4. The number of methoxy groups -OCH3 is 1. The van der Waals surface area contributed by atoms with Crippen LogP contribution < -0.4 is 14.4 Å². The monoisotopic (exact) mass is 428 g/mol. The van der Waals surface area contributed by atoms with E-state index >= 15 is 0 Å². The van der Waals surface area contributed by atoms with Crippen LogP contribution in [0, 0.1) is 6.92 Å². The van der Waals surface area contributed by atoms with Gasteiger partial charge in [-0.2, -0.15) is 4.98 Å². The molecule has 0 saturated heterocycles. The molecule has 3 rings (SSSR count). The first-order valence-corrected chi connectivity index (χ1v) is 9.98. The fourth-order valence-electron chi connectivity index (χ4n) is 2.86. The Kier molecular flexibility index (Phi) is 7.09. The summed E-state index contributed by atoms with van der Waals surface area (Å²) in [5, 5.41) is 22.5.